The maximum absolute atomic E-state index is 9.69. The summed E-state index contributed by atoms with van der Waals surface area (Å²) < 4.78 is 0.649. The molecule has 1 aromatic rings. The van der Waals surface area contributed by atoms with Crippen LogP contribution in [0.25, 0.3) is 0 Å². The summed E-state index contributed by atoms with van der Waals surface area (Å²) >= 11 is 2.14. The van der Waals surface area contributed by atoms with Crippen LogP contribution in [0, 0.1) is 0 Å². The molecule has 1 aromatic heterocycles. The van der Waals surface area contributed by atoms with Crippen molar-refractivity contribution in [3.63, 3.8) is 0 Å². The van der Waals surface area contributed by atoms with Gasteiger partial charge in [-0.15, -0.1) is 11.3 Å². The lowest BCUT2D eigenvalue weighted by molar-refractivity contribution is -0.00264. The van der Waals surface area contributed by atoms with Gasteiger partial charge in [0, 0.05) is 0 Å². The second-order valence-corrected chi connectivity index (χ2v) is 4.86. The van der Waals surface area contributed by atoms with E-state index in [4.69, 9.17) is 15.4 Å². The van der Waals surface area contributed by atoms with E-state index in [0.717, 1.165) is 11.9 Å². The van der Waals surface area contributed by atoms with Gasteiger partial charge in [-0.2, -0.15) is 0 Å². The molecule has 0 amide bonds. The van der Waals surface area contributed by atoms with Gasteiger partial charge in [0.2, 0.25) is 0 Å². The van der Waals surface area contributed by atoms with Crippen LogP contribution in [0.4, 0.5) is 0 Å². The van der Waals surface area contributed by atoms with Gasteiger partial charge in [0.25, 0.3) is 0 Å². The Morgan fingerprint density at radius 3 is 2.57 bits per heavy atom. The fourth-order valence-corrected chi connectivity index (χ4v) is 2.35. The van der Waals surface area contributed by atoms with Gasteiger partial charge in [-0.25, -0.2) is 4.98 Å². The lowest BCUT2D eigenvalue weighted by atomic mass is 10.1. The molecule has 0 saturated carbocycles. The van der Waals surface area contributed by atoms with E-state index < -0.39 is 12.2 Å². The van der Waals surface area contributed by atoms with Crippen molar-refractivity contribution in [3.05, 3.63) is 10.7 Å². The van der Waals surface area contributed by atoms with Crippen molar-refractivity contribution in [2.24, 2.45) is 5.14 Å². The van der Waals surface area contributed by atoms with Crippen LogP contribution in [0.15, 0.2) is 4.21 Å². The Bertz CT molecular complexity index is 292. The first-order valence-corrected chi connectivity index (χ1v) is 5.55. The summed E-state index contributed by atoms with van der Waals surface area (Å²) in [5.74, 6) is 0. The number of rotatable bonds is 4. The number of aromatic nitrogens is 1. The van der Waals surface area contributed by atoms with Crippen LogP contribution >= 0.6 is 23.3 Å². The van der Waals surface area contributed by atoms with Crippen molar-refractivity contribution < 1.29 is 15.3 Å². The number of thiazole rings is 1. The molecule has 80 valence electrons. The highest BCUT2D eigenvalue weighted by Gasteiger charge is 2.27. The minimum atomic E-state index is -1.37. The first-order valence-electron chi connectivity index (χ1n) is 3.86. The molecule has 0 aromatic carbocycles. The first-order chi connectivity index (χ1) is 6.55. The van der Waals surface area contributed by atoms with Crippen LogP contribution in [0.3, 0.4) is 0 Å². The Hall–Kier alpha value is -0.180. The van der Waals surface area contributed by atoms with E-state index in [-0.39, 0.29) is 6.61 Å². The van der Waals surface area contributed by atoms with Crippen molar-refractivity contribution in [1.82, 2.24) is 4.98 Å². The molecule has 5 N–H and O–H groups in total. The lowest BCUT2D eigenvalue weighted by Gasteiger charge is -2.16. The van der Waals surface area contributed by atoms with Crippen molar-refractivity contribution >= 4 is 23.3 Å². The Morgan fingerprint density at radius 1 is 1.57 bits per heavy atom. The third-order valence-electron chi connectivity index (χ3n) is 1.69. The molecule has 0 radical (unpaired) electrons. The Morgan fingerprint density at radius 2 is 2.21 bits per heavy atom. The molecule has 0 aliphatic carbocycles. The molecular formula is C7H12N2O3S2. The highest BCUT2D eigenvalue weighted by atomic mass is 32.2. The summed E-state index contributed by atoms with van der Waals surface area (Å²) in [5.41, 5.74) is -0.936. The fourth-order valence-electron chi connectivity index (χ4n) is 0.828. The van der Waals surface area contributed by atoms with Gasteiger partial charge in [-0.3, -0.25) is 5.14 Å². The zero-order chi connectivity index (χ0) is 10.8. The van der Waals surface area contributed by atoms with E-state index in [2.05, 4.69) is 4.98 Å². The third-order valence-corrected chi connectivity index (χ3v) is 3.82. The van der Waals surface area contributed by atoms with Crippen molar-refractivity contribution in [2.75, 3.05) is 6.61 Å². The first kappa shape index (κ1) is 11.9. The molecule has 14 heavy (non-hydrogen) atoms. The standard InChI is InChI=1S/C7H12N2O3S2/c1-7(12,3-11)6-9-4(2-10)5(13-6)14-8/h10-12H,2-3,8H2,1H3. The van der Waals surface area contributed by atoms with Gasteiger partial charge in [0.15, 0.2) is 0 Å². The van der Waals surface area contributed by atoms with Gasteiger partial charge < -0.3 is 15.3 Å². The zero-order valence-electron chi connectivity index (χ0n) is 7.60. The predicted octanol–water partition coefficient (Wildman–Crippen LogP) is -0.199. The number of nitrogens with two attached hydrogens (primary N) is 1. The average Bonchev–Trinajstić information content (AvgIpc) is 2.61. The van der Waals surface area contributed by atoms with E-state index in [9.17, 15) is 5.11 Å². The molecule has 1 unspecified atom stereocenters. The fraction of sp³-hybridized carbons (Fsp3) is 0.571. The average molecular weight is 236 g/mol. The highest BCUT2D eigenvalue weighted by Crippen LogP contribution is 2.32. The summed E-state index contributed by atoms with van der Waals surface area (Å²) in [5, 5.41) is 33.2. The largest absolute Gasteiger partial charge is 0.393 e. The topological polar surface area (TPSA) is 99.6 Å². The summed E-state index contributed by atoms with van der Waals surface area (Å²) in [4.78, 5) is 4.00. The Balaban J connectivity index is 3.06. The van der Waals surface area contributed by atoms with Crippen LogP contribution in [-0.2, 0) is 12.2 Å². The van der Waals surface area contributed by atoms with Gasteiger partial charge in [0.1, 0.15) is 14.8 Å². The molecule has 0 aliphatic heterocycles. The van der Waals surface area contributed by atoms with Crippen molar-refractivity contribution in [3.8, 4) is 0 Å². The molecule has 1 rings (SSSR count). The number of hydrogen-bond donors (Lipinski definition) is 4. The second-order valence-electron chi connectivity index (χ2n) is 2.96. The summed E-state index contributed by atoms with van der Waals surface area (Å²) in [6.45, 7) is 0.815. The van der Waals surface area contributed by atoms with E-state index >= 15 is 0 Å². The van der Waals surface area contributed by atoms with Gasteiger partial charge >= 0.3 is 0 Å². The summed E-state index contributed by atoms with van der Waals surface area (Å²) in [6, 6.07) is 0. The monoisotopic (exact) mass is 236 g/mol. The molecular weight excluding hydrogens is 224 g/mol. The Labute approximate surface area is 89.7 Å². The highest BCUT2D eigenvalue weighted by molar-refractivity contribution is 7.99. The molecule has 0 aliphatic rings. The van der Waals surface area contributed by atoms with Crippen molar-refractivity contribution in [2.45, 2.75) is 23.3 Å². The molecule has 0 bridgehead atoms. The van der Waals surface area contributed by atoms with Gasteiger partial charge in [-0.1, -0.05) is 0 Å². The van der Waals surface area contributed by atoms with Crippen LogP contribution in [0.2, 0.25) is 0 Å². The Kier molecular flexibility index (Phi) is 3.87. The quantitative estimate of drug-likeness (QED) is 0.540. The number of nitrogens with zero attached hydrogens (tertiary/aromatic N) is 1. The van der Waals surface area contributed by atoms with Crippen LogP contribution in [0.5, 0.6) is 0 Å². The van der Waals surface area contributed by atoms with Crippen LogP contribution in [-0.4, -0.2) is 26.9 Å². The van der Waals surface area contributed by atoms with E-state index in [1.165, 1.54) is 18.3 Å². The predicted molar refractivity (Wildman–Crippen MR) is 54.7 cm³/mol. The molecule has 1 atom stereocenters. The van der Waals surface area contributed by atoms with E-state index in [1.54, 1.807) is 0 Å². The number of hydrogen-bond acceptors (Lipinski definition) is 7. The molecule has 1 heterocycles. The molecule has 5 nitrogen and oxygen atoms in total. The summed E-state index contributed by atoms with van der Waals surface area (Å²) in [6.07, 6.45) is 0. The lowest BCUT2D eigenvalue weighted by Crippen LogP contribution is -2.25. The molecule has 0 fully saturated rings. The maximum Gasteiger partial charge on any atom is 0.136 e. The SMILES string of the molecule is CC(O)(CO)c1nc(CO)c(SN)s1. The second kappa shape index (κ2) is 4.56. The maximum atomic E-state index is 9.69. The molecule has 0 spiro atoms. The van der Waals surface area contributed by atoms with Crippen LogP contribution < -0.4 is 5.14 Å². The minimum absolute atomic E-state index is 0.225. The van der Waals surface area contributed by atoms with E-state index in [1.807, 2.05) is 0 Å². The molecule has 0 saturated heterocycles. The van der Waals surface area contributed by atoms with E-state index in [0.29, 0.717) is 14.9 Å². The summed E-state index contributed by atoms with van der Waals surface area (Å²) in [7, 11) is 0. The third kappa shape index (κ3) is 2.25. The van der Waals surface area contributed by atoms with Crippen LogP contribution in [0.1, 0.15) is 17.6 Å². The number of aliphatic hydroxyl groups is 3. The smallest absolute Gasteiger partial charge is 0.136 e. The van der Waals surface area contributed by atoms with Gasteiger partial charge in [-0.05, 0) is 18.9 Å². The normalized spacial score (nSPS) is 15.5. The van der Waals surface area contributed by atoms with Crippen molar-refractivity contribution in [1.29, 1.82) is 0 Å². The number of aliphatic hydroxyl groups excluding tert-OH is 2. The molecule has 7 heteroatoms. The zero-order valence-corrected chi connectivity index (χ0v) is 9.23. The minimum Gasteiger partial charge on any atom is -0.393 e. The van der Waals surface area contributed by atoms with Gasteiger partial charge in [0.05, 0.1) is 18.9 Å².